The number of rotatable bonds is 10. The summed E-state index contributed by atoms with van der Waals surface area (Å²) in [6, 6.07) is 9.66. The van der Waals surface area contributed by atoms with Crippen molar-refractivity contribution in [1.82, 2.24) is 0 Å². The van der Waals surface area contributed by atoms with Gasteiger partial charge in [0.1, 0.15) is 0 Å². The molecule has 162 valence electrons. The zero-order valence-corrected chi connectivity index (χ0v) is 18.0. The predicted molar refractivity (Wildman–Crippen MR) is 111 cm³/mol. The van der Waals surface area contributed by atoms with E-state index >= 15 is 0 Å². The molecule has 0 aliphatic heterocycles. The monoisotopic (exact) mass is 437 g/mol. The molecule has 30 heavy (non-hydrogen) atoms. The van der Waals surface area contributed by atoms with Crippen LogP contribution < -0.4 is 18.5 Å². The summed E-state index contributed by atoms with van der Waals surface area (Å²) in [5.74, 6) is -0.474. The SMILES string of the molecule is CN=P(C)(Oc1ccc(CC(=O)O)cc1OC)Oc1ccc(CC(=O)O)cc1OC. The lowest BCUT2D eigenvalue weighted by molar-refractivity contribution is -0.137. The number of nitrogens with zero attached hydrogens (tertiary/aromatic N) is 1. The molecule has 2 N–H and O–H groups in total. The molecular formula is C20H24NO8P. The number of hydrogen-bond acceptors (Lipinski definition) is 7. The van der Waals surface area contributed by atoms with Crippen LogP contribution in [0, 0.1) is 0 Å². The van der Waals surface area contributed by atoms with Crippen molar-refractivity contribution in [3.05, 3.63) is 47.5 Å². The van der Waals surface area contributed by atoms with E-state index in [1.54, 1.807) is 50.1 Å². The van der Waals surface area contributed by atoms with Gasteiger partial charge in [-0.25, -0.2) is 4.74 Å². The second-order valence-corrected chi connectivity index (χ2v) is 8.67. The Balaban J connectivity index is 2.30. The minimum Gasteiger partial charge on any atom is -0.493 e. The van der Waals surface area contributed by atoms with Crippen LogP contribution in [0.1, 0.15) is 11.1 Å². The molecule has 0 unspecified atom stereocenters. The summed E-state index contributed by atoms with van der Waals surface area (Å²) in [7, 11) is 1.64. The van der Waals surface area contributed by atoms with Crippen molar-refractivity contribution in [3.8, 4) is 23.0 Å². The van der Waals surface area contributed by atoms with Gasteiger partial charge in [0, 0.05) is 13.7 Å². The van der Waals surface area contributed by atoms with Gasteiger partial charge < -0.3 is 28.7 Å². The molecule has 0 fully saturated rings. The lowest BCUT2D eigenvalue weighted by Crippen LogP contribution is -2.05. The number of methoxy groups -OCH3 is 2. The van der Waals surface area contributed by atoms with Crippen LogP contribution in [0.2, 0.25) is 0 Å². The average molecular weight is 437 g/mol. The molecule has 2 aromatic carbocycles. The molecule has 0 saturated carbocycles. The fourth-order valence-corrected chi connectivity index (χ4v) is 3.84. The van der Waals surface area contributed by atoms with Crippen LogP contribution in [0.5, 0.6) is 23.0 Å². The Morgan fingerprint density at radius 3 is 1.53 bits per heavy atom. The number of carbonyl (C=O) groups is 2. The third-order valence-corrected chi connectivity index (χ3v) is 5.86. The largest absolute Gasteiger partial charge is 0.493 e. The van der Waals surface area contributed by atoms with Crippen LogP contribution >= 0.6 is 7.51 Å². The number of carboxylic acids is 2. The molecule has 2 rings (SSSR count). The van der Waals surface area contributed by atoms with E-state index in [0.717, 1.165) is 0 Å². The molecule has 0 spiro atoms. The first-order valence-corrected chi connectivity index (χ1v) is 10.9. The molecule has 0 aliphatic rings. The molecule has 0 saturated heterocycles. The zero-order valence-electron chi connectivity index (χ0n) is 17.1. The topological polar surface area (TPSA) is 124 Å². The molecular weight excluding hydrogens is 413 g/mol. The van der Waals surface area contributed by atoms with E-state index in [0.29, 0.717) is 34.1 Å². The number of hydrogen-bond donors (Lipinski definition) is 2. The highest BCUT2D eigenvalue weighted by Gasteiger charge is 2.22. The quantitative estimate of drug-likeness (QED) is 0.539. The minimum absolute atomic E-state index is 0.141. The van der Waals surface area contributed by atoms with Gasteiger partial charge in [-0.2, -0.15) is 0 Å². The van der Waals surface area contributed by atoms with Crippen LogP contribution in [-0.2, 0) is 22.4 Å². The third kappa shape index (κ3) is 6.15. The highest BCUT2D eigenvalue weighted by atomic mass is 31.2. The van der Waals surface area contributed by atoms with Crippen LogP contribution in [0.25, 0.3) is 0 Å². The van der Waals surface area contributed by atoms with E-state index in [1.807, 2.05) is 0 Å². The predicted octanol–water partition coefficient (Wildman–Crippen LogP) is 3.71. The first-order chi connectivity index (χ1) is 14.2. The van der Waals surface area contributed by atoms with E-state index < -0.39 is 19.4 Å². The highest BCUT2D eigenvalue weighted by Crippen LogP contribution is 2.51. The third-order valence-electron chi connectivity index (χ3n) is 4.07. The minimum atomic E-state index is -2.83. The summed E-state index contributed by atoms with van der Waals surface area (Å²) in [5, 5.41) is 17.9. The molecule has 2 aromatic rings. The first-order valence-electron chi connectivity index (χ1n) is 8.84. The summed E-state index contributed by atoms with van der Waals surface area (Å²) in [4.78, 5) is 21.9. The van der Waals surface area contributed by atoms with Gasteiger partial charge in [-0.15, -0.1) is 0 Å². The molecule has 0 aliphatic carbocycles. The zero-order chi connectivity index (χ0) is 22.3. The average Bonchev–Trinajstić information content (AvgIpc) is 2.69. The Labute approximate surface area is 174 Å². The van der Waals surface area contributed by atoms with Crippen LogP contribution in [-0.4, -0.2) is 50.1 Å². The number of benzene rings is 2. The molecule has 0 heterocycles. The summed E-state index contributed by atoms with van der Waals surface area (Å²) in [6.07, 6.45) is -0.283. The lowest BCUT2D eigenvalue weighted by atomic mass is 10.1. The Morgan fingerprint density at radius 2 is 1.23 bits per heavy atom. The van der Waals surface area contributed by atoms with Crippen molar-refractivity contribution in [3.63, 3.8) is 0 Å². The number of ether oxygens (including phenoxy) is 2. The second kappa shape index (κ2) is 10.0. The fourth-order valence-electron chi connectivity index (χ4n) is 2.61. The Bertz CT molecular complexity index is 915. The number of aliphatic carboxylic acids is 2. The fraction of sp³-hybridized carbons (Fsp3) is 0.300. The smallest absolute Gasteiger partial charge is 0.311 e. The van der Waals surface area contributed by atoms with Crippen molar-refractivity contribution in [1.29, 1.82) is 0 Å². The van der Waals surface area contributed by atoms with E-state index in [1.165, 1.54) is 14.2 Å². The van der Waals surface area contributed by atoms with Gasteiger partial charge in [0.25, 0.3) is 0 Å². The molecule has 0 atom stereocenters. The maximum absolute atomic E-state index is 10.9. The molecule has 0 amide bonds. The molecule has 0 radical (unpaired) electrons. The Morgan fingerprint density at radius 1 is 0.833 bits per heavy atom. The van der Waals surface area contributed by atoms with Gasteiger partial charge in [-0.1, -0.05) is 12.1 Å². The van der Waals surface area contributed by atoms with E-state index in [2.05, 4.69) is 4.74 Å². The van der Waals surface area contributed by atoms with Gasteiger partial charge in [0.15, 0.2) is 23.0 Å². The molecule has 0 bridgehead atoms. The summed E-state index contributed by atoms with van der Waals surface area (Å²) in [5.41, 5.74) is 1.13. The summed E-state index contributed by atoms with van der Waals surface area (Å²) in [6.45, 7) is 1.70. The standard InChI is InChI=1S/C20H24NO8P/c1-21-30(4,28-15-7-5-13(11-19(22)23)9-17(15)26-2)29-16-8-6-14(12-20(24)25)10-18(16)27-3/h5-10H,11-12H2,1-4H3,(H,22,23)(H,24,25). The van der Waals surface area contributed by atoms with Crippen molar-refractivity contribution < 1.29 is 38.3 Å². The van der Waals surface area contributed by atoms with Crippen LogP contribution in [0.15, 0.2) is 41.1 Å². The normalized spacial score (nSPS) is 10.8. The van der Waals surface area contributed by atoms with Gasteiger partial charge in [0.05, 0.1) is 27.1 Å². The van der Waals surface area contributed by atoms with Crippen molar-refractivity contribution in [2.45, 2.75) is 12.8 Å². The van der Waals surface area contributed by atoms with Crippen molar-refractivity contribution in [2.24, 2.45) is 4.74 Å². The Kier molecular flexibility index (Phi) is 7.72. The van der Waals surface area contributed by atoms with Crippen molar-refractivity contribution in [2.75, 3.05) is 27.9 Å². The summed E-state index contributed by atoms with van der Waals surface area (Å²) >= 11 is 0. The number of carboxylic acid groups (broad SMARTS) is 2. The van der Waals surface area contributed by atoms with Gasteiger partial charge in [-0.05, 0) is 35.4 Å². The van der Waals surface area contributed by atoms with E-state index in [-0.39, 0.29) is 12.8 Å². The lowest BCUT2D eigenvalue weighted by Gasteiger charge is -2.23. The van der Waals surface area contributed by atoms with Gasteiger partial charge in [0.2, 0.25) is 0 Å². The molecule has 9 nitrogen and oxygen atoms in total. The first kappa shape index (κ1) is 23.1. The van der Waals surface area contributed by atoms with Crippen LogP contribution in [0.3, 0.4) is 0 Å². The second-order valence-electron chi connectivity index (χ2n) is 6.30. The summed E-state index contributed by atoms with van der Waals surface area (Å²) < 4.78 is 27.0. The highest BCUT2D eigenvalue weighted by molar-refractivity contribution is 7.56. The van der Waals surface area contributed by atoms with E-state index in [9.17, 15) is 9.59 Å². The van der Waals surface area contributed by atoms with E-state index in [4.69, 9.17) is 28.7 Å². The molecule has 10 heteroatoms. The van der Waals surface area contributed by atoms with Crippen LogP contribution in [0.4, 0.5) is 0 Å². The maximum atomic E-state index is 10.9. The van der Waals surface area contributed by atoms with Gasteiger partial charge in [-0.3, -0.25) is 9.59 Å². The van der Waals surface area contributed by atoms with Crippen molar-refractivity contribution >= 4 is 19.4 Å². The maximum Gasteiger partial charge on any atom is 0.311 e. The van der Waals surface area contributed by atoms with Gasteiger partial charge >= 0.3 is 19.4 Å². The molecule has 0 aromatic heterocycles. The Hall–Kier alpha value is -3.19.